The van der Waals surface area contributed by atoms with Gasteiger partial charge in [-0.05, 0) is 26.7 Å². The highest BCUT2D eigenvalue weighted by atomic mass is 16.5. The zero-order chi connectivity index (χ0) is 13.1. The highest BCUT2D eigenvalue weighted by Crippen LogP contribution is 2.23. The van der Waals surface area contributed by atoms with Crippen molar-refractivity contribution in [1.82, 2.24) is 9.97 Å². The molecule has 6 heteroatoms. The number of anilines is 1. The van der Waals surface area contributed by atoms with Crippen LogP contribution in [0.5, 0.6) is 0 Å². The molecule has 0 radical (unpaired) electrons. The summed E-state index contributed by atoms with van der Waals surface area (Å²) in [6.45, 7) is 4.59. The predicted octanol–water partition coefficient (Wildman–Crippen LogP) is 0.610. The van der Waals surface area contributed by atoms with Crippen LogP contribution in [0.4, 0.5) is 5.82 Å². The molecule has 0 spiro atoms. The summed E-state index contributed by atoms with van der Waals surface area (Å²) in [5.74, 6) is 0.855. The smallest absolute Gasteiger partial charge is 0.328 e. The van der Waals surface area contributed by atoms with Crippen LogP contribution in [-0.2, 0) is 9.53 Å². The summed E-state index contributed by atoms with van der Waals surface area (Å²) in [6.07, 6.45) is 1.64. The van der Waals surface area contributed by atoms with Crippen LogP contribution < -0.4 is 10.5 Å². The maximum atomic E-state index is 11.8. The summed E-state index contributed by atoms with van der Waals surface area (Å²) in [5.41, 5.74) is -0.202. The van der Waals surface area contributed by atoms with Crippen LogP contribution in [0.3, 0.4) is 0 Å². The second-order valence-corrected chi connectivity index (χ2v) is 4.29. The lowest BCUT2D eigenvalue weighted by Gasteiger charge is -2.23. The predicted molar refractivity (Wildman–Crippen MR) is 66.6 cm³/mol. The third kappa shape index (κ3) is 2.52. The zero-order valence-corrected chi connectivity index (χ0v) is 10.6. The molecule has 1 fully saturated rings. The van der Waals surface area contributed by atoms with E-state index in [1.54, 1.807) is 13.8 Å². The molecule has 1 aromatic heterocycles. The van der Waals surface area contributed by atoms with Gasteiger partial charge in [0.2, 0.25) is 0 Å². The second kappa shape index (κ2) is 5.20. The first-order valence-electron chi connectivity index (χ1n) is 6.13. The molecule has 1 aliphatic heterocycles. The van der Waals surface area contributed by atoms with Crippen molar-refractivity contribution in [2.75, 3.05) is 18.1 Å². The maximum absolute atomic E-state index is 11.8. The molecule has 1 unspecified atom stereocenters. The fourth-order valence-electron chi connectivity index (χ4n) is 2.24. The van der Waals surface area contributed by atoms with Gasteiger partial charge in [0.1, 0.15) is 17.7 Å². The van der Waals surface area contributed by atoms with Gasteiger partial charge in [-0.1, -0.05) is 0 Å². The quantitative estimate of drug-likeness (QED) is 0.797. The summed E-state index contributed by atoms with van der Waals surface area (Å²) in [5, 5.41) is 0. The molecule has 98 valence electrons. The van der Waals surface area contributed by atoms with Gasteiger partial charge in [0.25, 0.3) is 5.56 Å². The Morgan fingerprint density at radius 2 is 2.44 bits per heavy atom. The molecule has 2 heterocycles. The Kier molecular flexibility index (Phi) is 3.64. The second-order valence-electron chi connectivity index (χ2n) is 4.29. The fourth-order valence-corrected chi connectivity index (χ4v) is 2.24. The summed E-state index contributed by atoms with van der Waals surface area (Å²) in [4.78, 5) is 32.0. The SMILES string of the molecule is CCOC(=O)C1CCCN1c1cc(=O)[nH]c(C)n1. The number of carbonyl (C=O) groups is 1. The van der Waals surface area contributed by atoms with Crippen LogP contribution in [0.25, 0.3) is 0 Å². The minimum atomic E-state index is -0.321. The molecule has 18 heavy (non-hydrogen) atoms. The lowest BCUT2D eigenvalue weighted by molar-refractivity contribution is -0.144. The number of nitrogens with one attached hydrogen (secondary N) is 1. The molecule has 1 aliphatic rings. The van der Waals surface area contributed by atoms with E-state index in [-0.39, 0.29) is 17.6 Å². The Balaban J connectivity index is 2.25. The summed E-state index contributed by atoms with van der Waals surface area (Å²) < 4.78 is 5.04. The Morgan fingerprint density at radius 3 is 3.11 bits per heavy atom. The van der Waals surface area contributed by atoms with E-state index in [1.807, 2.05) is 4.90 Å². The van der Waals surface area contributed by atoms with Gasteiger partial charge in [-0.25, -0.2) is 9.78 Å². The van der Waals surface area contributed by atoms with Gasteiger partial charge in [0.05, 0.1) is 6.61 Å². The van der Waals surface area contributed by atoms with E-state index in [0.29, 0.717) is 18.2 Å². The van der Waals surface area contributed by atoms with Crippen molar-refractivity contribution in [1.29, 1.82) is 0 Å². The number of rotatable bonds is 3. The Hall–Kier alpha value is -1.85. The van der Waals surface area contributed by atoms with Gasteiger partial charge >= 0.3 is 5.97 Å². The standard InChI is InChI=1S/C12H17N3O3/c1-3-18-12(17)9-5-4-6-15(9)10-7-11(16)14-8(2)13-10/h7,9H,3-6H2,1-2H3,(H,13,14,16). The number of H-pyrrole nitrogens is 1. The number of hydrogen-bond donors (Lipinski definition) is 1. The number of ether oxygens (including phenoxy) is 1. The van der Waals surface area contributed by atoms with E-state index >= 15 is 0 Å². The number of esters is 1. The first-order valence-corrected chi connectivity index (χ1v) is 6.13. The highest BCUT2D eigenvalue weighted by Gasteiger charge is 2.32. The Bertz CT molecular complexity index is 498. The van der Waals surface area contributed by atoms with Crippen molar-refractivity contribution >= 4 is 11.8 Å². The average molecular weight is 251 g/mol. The van der Waals surface area contributed by atoms with E-state index < -0.39 is 0 Å². The van der Waals surface area contributed by atoms with E-state index in [1.165, 1.54) is 6.07 Å². The molecule has 2 rings (SSSR count). The zero-order valence-electron chi connectivity index (χ0n) is 10.6. The lowest BCUT2D eigenvalue weighted by Crippen LogP contribution is -2.38. The number of hydrogen-bond acceptors (Lipinski definition) is 5. The molecule has 1 atom stereocenters. The molecule has 1 aromatic rings. The van der Waals surface area contributed by atoms with Crippen molar-refractivity contribution in [2.45, 2.75) is 32.7 Å². The molecule has 6 nitrogen and oxygen atoms in total. The molecule has 0 aliphatic carbocycles. The largest absolute Gasteiger partial charge is 0.464 e. The third-order valence-corrected chi connectivity index (χ3v) is 2.95. The van der Waals surface area contributed by atoms with Crippen LogP contribution in [0.1, 0.15) is 25.6 Å². The summed E-state index contributed by atoms with van der Waals surface area (Å²) >= 11 is 0. The summed E-state index contributed by atoms with van der Waals surface area (Å²) in [6, 6.07) is 1.10. The number of nitrogens with zero attached hydrogens (tertiary/aromatic N) is 2. The molecular formula is C12H17N3O3. The number of aromatic amines is 1. The molecule has 0 bridgehead atoms. The van der Waals surface area contributed by atoms with Crippen LogP contribution in [0, 0.1) is 6.92 Å². The third-order valence-electron chi connectivity index (χ3n) is 2.95. The fraction of sp³-hybridized carbons (Fsp3) is 0.583. The van der Waals surface area contributed by atoms with Gasteiger partial charge in [0.15, 0.2) is 0 Å². The Labute approximate surface area is 105 Å². The van der Waals surface area contributed by atoms with Gasteiger partial charge in [-0.3, -0.25) is 4.79 Å². The van der Waals surface area contributed by atoms with Crippen LogP contribution in [0.2, 0.25) is 0 Å². The normalized spacial score (nSPS) is 19.0. The van der Waals surface area contributed by atoms with E-state index in [2.05, 4.69) is 9.97 Å². The molecule has 0 aromatic carbocycles. The van der Waals surface area contributed by atoms with Gasteiger partial charge < -0.3 is 14.6 Å². The Morgan fingerprint density at radius 1 is 1.67 bits per heavy atom. The molecular weight excluding hydrogens is 234 g/mol. The van der Waals surface area contributed by atoms with Gasteiger partial charge in [-0.2, -0.15) is 0 Å². The van der Waals surface area contributed by atoms with Crippen LogP contribution in [0.15, 0.2) is 10.9 Å². The lowest BCUT2D eigenvalue weighted by atomic mass is 10.2. The van der Waals surface area contributed by atoms with Crippen molar-refractivity contribution < 1.29 is 9.53 Å². The molecule has 0 amide bonds. The van der Waals surface area contributed by atoms with Gasteiger partial charge in [-0.15, -0.1) is 0 Å². The first kappa shape index (κ1) is 12.6. The minimum Gasteiger partial charge on any atom is -0.464 e. The minimum absolute atomic E-state index is 0.202. The average Bonchev–Trinajstić information content (AvgIpc) is 2.76. The van der Waals surface area contributed by atoms with Crippen LogP contribution >= 0.6 is 0 Å². The first-order chi connectivity index (χ1) is 8.61. The van der Waals surface area contributed by atoms with Crippen molar-refractivity contribution in [3.8, 4) is 0 Å². The van der Waals surface area contributed by atoms with E-state index in [0.717, 1.165) is 19.4 Å². The molecule has 1 N–H and O–H groups in total. The molecule has 0 saturated carbocycles. The van der Waals surface area contributed by atoms with E-state index in [9.17, 15) is 9.59 Å². The topological polar surface area (TPSA) is 75.3 Å². The summed E-state index contributed by atoms with van der Waals surface area (Å²) in [7, 11) is 0. The van der Waals surface area contributed by atoms with Gasteiger partial charge in [0, 0.05) is 12.6 Å². The number of aryl methyl sites for hydroxylation is 1. The van der Waals surface area contributed by atoms with Crippen molar-refractivity contribution in [3.05, 3.63) is 22.2 Å². The maximum Gasteiger partial charge on any atom is 0.328 e. The molecule has 1 saturated heterocycles. The van der Waals surface area contributed by atoms with Crippen molar-refractivity contribution in [2.24, 2.45) is 0 Å². The number of aromatic nitrogens is 2. The highest BCUT2D eigenvalue weighted by molar-refractivity contribution is 5.80. The van der Waals surface area contributed by atoms with Crippen LogP contribution in [-0.4, -0.2) is 35.1 Å². The van der Waals surface area contributed by atoms with E-state index in [4.69, 9.17) is 4.74 Å². The monoisotopic (exact) mass is 251 g/mol. The number of carbonyl (C=O) groups excluding carboxylic acids is 1. The van der Waals surface area contributed by atoms with Crippen molar-refractivity contribution in [3.63, 3.8) is 0 Å².